The Kier molecular flexibility index (Phi) is 10.4. The number of benzene rings is 2. The van der Waals surface area contributed by atoms with Crippen LogP contribution in [0.15, 0.2) is 53.6 Å². The number of nitrogens with one attached hydrogen (secondary N) is 3. The van der Waals surface area contributed by atoms with Gasteiger partial charge in [0.05, 0.1) is 13.3 Å². The number of carbonyl (C=O) groups excluding carboxylic acids is 2. The molecule has 270 valence electrons. The van der Waals surface area contributed by atoms with E-state index in [4.69, 9.17) is 16.3 Å². The van der Waals surface area contributed by atoms with E-state index < -0.39 is 6.23 Å². The summed E-state index contributed by atoms with van der Waals surface area (Å²) in [6.07, 6.45) is 5.83. The summed E-state index contributed by atoms with van der Waals surface area (Å²) in [7, 11) is 3.36. The van der Waals surface area contributed by atoms with Gasteiger partial charge in [0.1, 0.15) is 23.5 Å². The average molecular weight is 717 g/mol. The summed E-state index contributed by atoms with van der Waals surface area (Å²) in [6.45, 7) is 6.21. The Hall–Kier alpha value is -4.27. The van der Waals surface area contributed by atoms with E-state index in [9.17, 15) is 19.5 Å². The molecule has 2 unspecified atom stereocenters. The minimum Gasteiger partial charge on any atom is -0.496 e. The van der Waals surface area contributed by atoms with Gasteiger partial charge < -0.3 is 19.7 Å². The number of hydrogen-bond acceptors (Lipinski definition) is 10. The summed E-state index contributed by atoms with van der Waals surface area (Å²) in [6, 6.07) is 11.8. The number of carbonyl (C=O) groups is 2. The zero-order chi connectivity index (χ0) is 35.6. The summed E-state index contributed by atoms with van der Waals surface area (Å²) < 4.78 is 7.35. The van der Waals surface area contributed by atoms with Crippen LogP contribution in [0.2, 0.25) is 5.02 Å². The number of H-pyrrole nitrogens is 1. The fourth-order valence-electron chi connectivity index (χ4n) is 7.61. The van der Waals surface area contributed by atoms with E-state index in [1.807, 2.05) is 24.3 Å². The maximum atomic E-state index is 12.5. The van der Waals surface area contributed by atoms with E-state index in [-0.39, 0.29) is 23.4 Å². The Morgan fingerprint density at radius 2 is 1.76 bits per heavy atom. The van der Waals surface area contributed by atoms with E-state index in [2.05, 4.69) is 47.7 Å². The topological polar surface area (TPSA) is 148 Å². The van der Waals surface area contributed by atoms with E-state index >= 15 is 0 Å². The van der Waals surface area contributed by atoms with Gasteiger partial charge in [-0.05, 0) is 73.7 Å². The first-order chi connectivity index (χ1) is 24.7. The predicted octanol–water partition coefficient (Wildman–Crippen LogP) is 3.12. The van der Waals surface area contributed by atoms with Crippen LogP contribution in [0.5, 0.6) is 5.75 Å². The number of imide groups is 1. The largest absolute Gasteiger partial charge is 0.496 e. The molecule has 3 aliphatic rings. The highest BCUT2D eigenvalue weighted by atomic mass is 35.5. The van der Waals surface area contributed by atoms with Crippen LogP contribution < -0.4 is 20.9 Å². The molecule has 2 amide bonds. The van der Waals surface area contributed by atoms with Crippen molar-refractivity contribution in [1.29, 1.82) is 0 Å². The highest BCUT2D eigenvalue weighted by Gasteiger charge is 2.29. The van der Waals surface area contributed by atoms with E-state index in [1.165, 1.54) is 10.1 Å². The smallest absolute Gasteiger partial charge is 0.276 e. The number of aliphatic hydroxyl groups is 1. The van der Waals surface area contributed by atoms with Crippen molar-refractivity contribution in [3.8, 4) is 16.9 Å². The van der Waals surface area contributed by atoms with Crippen molar-refractivity contribution in [2.75, 3.05) is 58.2 Å². The number of hydrogen-bond donors (Lipinski definition) is 4. The maximum absolute atomic E-state index is 12.5. The SMILES string of the molecule is COc1cc(-c2cn(C)c(=O)c3[nH]ncc23)cc(Cl)c1CN1CCN(C(O)CN2CCC(c3ccc(NC4CCC(=O)NC4=O)cc3)CC2)CC1. The highest BCUT2D eigenvalue weighted by Crippen LogP contribution is 2.36. The van der Waals surface area contributed by atoms with Crippen LogP contribution in [-0.2, 0) is 23.2 Å². The van der Waals surface area contributed by atoms with Crippen LogP contribution in [-0.4, -0.2) is 112 Å². The molecule has 2 aromatic carbocycles. The third-order valence-corrected chi connectivity index (χ3v) is 11.0. The molecular weight excluding hydrogens is 672 g/mol. The molecule has 2 atom stereocenters. The van der Waals surface area contributed by atoms with Crippen molar-refractivity contribution in [2.24, 2.45) is 7.05 Å². The number of anilines is 1. The number of nitrogens with zero attached hydrogens (tertiary/aromatic N) is 5. The summed E-state index contributed by atoms with van der Waals surface area (Å²) in [5.41, 5.74) is 5.07. The number of likely N-dealkylation sites (tertiary alicyclic amines) is 1. The highest BCUT2D eigenvalue weighted by molar-refractivity contribution is 6.32. The van der Waals surface area contributed by atoms with Gasteiger partial charge in [0.2, 0.25) is 11.8 Å². The Labute approximate surface area is 301 Å². The van der Waals surface area contributed by atoms with Crippen LogP contribution in [0.25, 0.3) is 22.0 Å². The number of aryl methyl sites for hydroxylation is 1. The molecule has 0 saturated carbocycles. The van der Waals surface area contributed by atoms with Crippen LogP contribution in [0, 0.1) is 0 Å². The fraction of sp³-hybridized carbons (Fsp3) is 0.459. The average Bonchev–Trinajstić information content (AvgIpc) is 3.63. The second-order valence-electron chi connectivity index (χ2n) is 13.9. The Morgan fingerprint density at radius 1 is 1.02 bits per heavy atom. The molecule has 13 nitrogen and oxygen atoms in total. The second-order valence-corrected chi connectivity index (χ2v) is 14.3. The summed E-state index contributed by atoms with van der Waals surface area (Å²) in [4.78, 5) is 42.9. The molecule has 14 heteroatoms. The summed E-state index contributed by atoms with van der Waals surface area (Å²) in [5.74, 6) is 0.664. The van der Waals surface area contributed by atoms with Gasteiger partial charge in [-0.2, -0.15) is 5.10 Å². The number of piperazine rings is 1. The number of aromatic nitrogens is 3. The van der Waals surface area contributed by atoms with Gasteiger partial charge in [-0.3, -0.25) is 39.5 Å². The number of aliphatic hydroxyl groups excluding tert-OH is 1. The molecule has 2 aromatic heterocycles. The lowest BCUT2D eigenvalue weighted by molar-refractivity contribution is -0.133. The number of fused-ring (bicyclic) bond motifs is 1. The molecule has 0 aliphatic carbocycles. The number of amides is 2. The molecule has 3 fully saturated rings. The standard InChI is InChI=1S/C37H45ClN8O5/c1-43-20-28(27-19-39-42-35(27)37(43)50)25-17-30(38)29(32(18-25)51-2)21-45-13-15-46(16-14-45)34(48)22-44-11-9-24(10-12-44)23-3-5-26(6-4-23)40-31-7-8-33(47)41-36(31)49/h3-6,17-20,24,31,34,40,48H,7-16,21-22H2,1-2H3,(H,39,42)(H,41,47,49). The number of β-amino-alcohol motifs (C(OH)–C–C–N with tert-alkyl or cyclic N) is 1. The second kappa shape index (κ2) is 15.1. The van der Waals surface area contributed by atoms with Crippen molar-refractivity contribution in [3.63, 3.8) is 0 Å². The fourth-order valence-corrected chi connectivity index (χ4v) is 7.88. The molecule has 4 N–H and O–H groups in total. The molecule has 51 heavy (non-hydrogen) atoms. The lowest BCUT2D eigenvalue weighted by Gasteiger charge is -2.40. The lowest BCUT2D eigenvalue weighted by Crippen LogP contribution is -2.53. The number of ether oxygens (including phenoxy) is 1. The van der Waals surface area contributed by atoms with Gasteiger partial charge in [0, 0.05) is 86.2 Å². The third kappa shape index (κ3) is 7.68. The zero-order valence-corrected chi connectivity index (χ0v) is 29.8. The van der Waals surface area contributed by atoms with E-state index in [0.717, 1.165) is 79.9 Å². The monoisotopic (exact) mass is 716 g/mol. The van der Waals surface area contributed by atoms with Crippen LogP contribution in [0.4, 0.5) is 5.69 Å². The molecule has 3 saturated heterocycles. The number of pyridine rings is 1. The first-order valence-corrected chi connectivity index (χ1v) is 18.0. The van der Waals surface area contributed by atoms with Crippen molar-refractivity contribution in [2.45, 2.75) is 50.4 Å². The molecule has 0 spiro atoms. The van der Waals surface area contributed by atoms with Crippen LogP contribution in [0.1, 0.15) is 42.7 Å². The number of rotatable bonds is 10. The normalized spacial score (nSPS) is 20.4. The quantitative estimate of drug-likeness (QED) is 0.181. The zero-order valence-electron chi connectivity index (χ0n) is 29.0. The van der Waals surface area contributed by atoms with Gasteiger partial charge in [-0.15, -0.1) is 0 Å². The molecule has 4 aromatic rings. The number of halogens is 1. The Balaban J connectivity index is 0.885. The number of methoxy groups -OCH3 is 1. The van der Waals surface area contributed by atoms with E-state index in [1.54, 1.807) is 26.6 Å². The first-order valence-electron chi connectivity index (χ1n) is 17.6. The van der Waals surface area contributed by atoms with Crippen LogP contribution >= 0.6 is 11.6 Å². The Bertz CT molecular complexity index is 1950. The minimum atomic E-state index is -0.527. The van der Waals surface area contributed by atoms with Crippen molar-refractivity contribution < 1.29 is 19.4 Å². The summed E-state index contributed by atoms with van der Waals surface area (Å²) in [5, 5.41) is 25.0. The maximum Gasteiger partial charge on any atom is 0.276 e. The van der Waals surface area contributed by atoms with Crippen molar-refractivity contribution >= 4 is 40.0 Å². The van der Waals surface area contributed by atoms with Gasteiger partial charge >= 0.3 is 0 Å². The lowest BCUT2D eigenvalue weighted by atomic mass is 9.89. The van der Waals surface area contributed by atoms with Gasteiger partial charge in [0.25, 0.3) is 5.56 Å². The molecule has 0 radical (unpaired) electrons. The molecule has 0 bridgehead atoms. The van der Waals surface area contributed by atoms with Gasteiger partial charge in [-0.25, -0.2) is 0 Å². The predicted molar refractivity (Wildman–Crippen MR) is 196 cm³/mol. The first kappa shape index (κ1) is 35.1. The summed E-state index contributed by atoms with van der Waals surface area (Å²) >= 11 is 6.89. The minimum absolute atomic E-state index is 0.142. The third-order valence-electron chi connectivity index (χ3n) is 10.7. The van der Waals surface area contributed by atoms with Gasteiger partial charge in [-0.1, -0.05) is 23.7 Å². The number of piperidine rings is 2. The molecule has 3 aliphatic heterocycles. The van der Waals surface area contributed by atoms with E-state index in [0.29, 0.717) is 48.1 Å². The molecular formula is C37H45ClN8O5. The van der Waals surface area contributed by atoms with Crippen LogP contribution in [0.3, 0.4) is 0 Å². The van der Waals surface area contributed by atoms with Crippen molar-refractivity contribution in [1.82, 2.24) is 34.8 Å². The number of aromatic amines is 1. The molecule has 7 rings (SSSR count). The Morgan fingerprint density at radius 3 is 2.47 bits per heavy atom. The molecule has 5 heterocycles. The van der Waals surface area contributed by atoms with Gasteiger partial charge in [0.15, 0.2) is 0 Å². The van der Waals surface area contributed by atoms with Crippen molar-refractivity contribution in [3.05, 3.63) is 75.3 Å².